The standard InChI is InChI=1S/C9H16N2/c1-9(2,10)7-5-6-8-11(3)4/h6,8H,10H2,1-4H3/b8-6-. The zero-order valence-electron chi connectivity index (χ0n) is 7.68. The van der Waals surface area contributed by atoms with Gasteiger partial charge >= 0.3 is 0 Å². The highest BCUT2D eigenvalue weighted by molar-refractivity contribution is 5.21. The predicted octanol–water partition coefficient (Wildman–Crippen LogP) is 0.802. The Balaban J connectivity index is 3.92. The Morgan fingerprint density at radius 3 is 2.27 bits per heavy atom. The molecule has 2 heteroatoms. The van der Waals surface area contributed by atoms with Crippen molar-refractivity contribution in [3.05, 3.63) is 12.3 Å². The Morgan fingerprint density at radius 1 is 1.36 bits per heavy atom. The number of allylic oxidation sites excluding steroid dienone is 1. The Bertz CT molecular complexity index is 186. The topological polar surface area (TPSA) is 29.3 Å². The van der Waals surface area contributed by atoms with E-state index in [1.807, 2.05) is 39.0 Å². The monoisotopic (exact) mass is 152 g/mol. The summed E-state index contributed by atoms with van der Waals surface area (Å²) in [6.07, 6.45) is 3.67. The fraction of sp³-hybridized carbons (Fsp3) is 0.556. The molecule has 0 spiro atoms. The lowest BCUT2D eigenvalue weighted by Gasteiger charge is -2.06. The van der Waals surface area contributed by atoms with Gasteiger partial charge in [-0.3, -0.25) is 0 Å². The molecule has 2 N–H and O–H groups in total. The van der Waals surface area contributed by atoms with Gasteiger partial charge in [0.1, 0.15) is 0 Å². The van der Waals surface area contributed by atoms with E-state index in [2.05, 4.69) is 11.8 Å². The Labute approximate surface area is 69.1 Å². The lowest BCUT2D eigenvalue weighted by atomic mass is 10.1. The van der Waals surface area contributed by atoms with Crippen molar-refractivity contribution in [1.29, 1.82) is 0 Å². The molecular formula is C9H16N2. The lowest BCUT2D eigenvalue weighted by Crippen LogP contribution is -2.29. The molecule has 0 amide bonds. The summed E-state index contributed by atoms with van der Waals surface area (Å²) in [5.74, 6) is 5.75. The Hall–Kier alpha value is -0.940. The maximum Gasteiger partial charge on any atom is 0.0722 e. The molecule has 0 heterocycles. The van der Waals surface area contributed by atoms with Crippen LogP contribution in [-0.4, -0.2) is 24.5 Å². The van der Waals surface area contributed by atoms with E-state index in [9.17, 15) is 0 Å². The zero-order valence-corrected chi connectivity index (χ0v) is 7.68. The summed E-state index contributed by atoms with van der Waals surface area (Å²) < 4.78 is 0. The van der Waals surface area contributed by atoms with Gasteiger partial charge in [-0.15, -0.1) is 0 Å². The molecule has 0 saturated heterocycles. The van der Waals surface area contributed by atoms with Gasteiger partial charge in [0.2, 0.25) is 0 Å². The first-order valence-corrected chi connectivity index (χ1v) is 3.56. The summed E-state index contributed by atoms with van der Waals surface area (Å²) in [6, 6.07) is 0. The van der Waals surface area contributed by atoms with Crippen molar-refractivity contribution in [2.75, 3.05) is 14.1 Å². The lowest BCUT2D eigenvalue weighted by molar-refractivity contribution is 0.564. The quantitative estimate of drug-likeness (QED) is 0.563. The van der Waals surface area contributed by atoms with Gasteiger partial charge in [-0.2, -0.15) is 0 Å². The zero-order chi connectivity index (χ0) is 8.91. The van der Waals surface area contributed by atoms with Crippen LogP contribution in [0.5, 0.6) is 0 Å². The third kappa shape index (κ3) is 9.06. The molecule has 0 unspecified atom stereocenters. The summed E-state index contributed by atoms with van der Waals surface area (Å²) in [5, 5.41) is 0. The summed E-state index contributed by atoms with van der Waals surface area (Å²) in [7, 11) is 3.90. The van der Waals surface area contributed by atoms with Gasteiger partial charge in [0.25, 0.3) is 0 Å². The molecule has 0 fully saturated rings. The van der Waals surface area contributed by atoms with Gasteiger partial charge in [0.15, 0.2) is 0 Å². The molecule has 0 atom stereocenters. The van der Waals surface area contributed by atoms with E-state index in [1.165, 1.54) is 0 Å². The maximum atomic E-state index is 5.63. The number of nitrogens with two attached hydrogens (primary N) is 1. The van der Waals surface area contributed by atoms with Crippen LogP contribution in [-0.2, 0) is 0 Å². The normalized spacial score (nSPS) is 11.0. The molecule has 0 aromatic carbocycles. The van der Waals surface area contributed by atoms with E-state index in [4.69, 9.17) is 5.73 Å². The fourth-order valence-corrected chi connectivity index (χ4v) is 0.414. The highest BCUT2D eigenvalue weighted by Crippen LogP contribution is 1.91. The van der Waals surface area contributed by atoms with Crippen molar-refractivity contribution < 1.29 is 0 Å². The van der Waals surface area contributed by atoms with E-state index in [1.54, 1.807) is 6.08 Å². The minimum Gasteiger partial charge on any atom is -0.383 e. The van der Waals surface area contributed by atoms with Crippen LogP contribution in [0.4, 0.5) is 0 Å². The van der Waals surface area contributed by atoms with E-state index >= 15 is 0 Å². The summed E-state index contributed by atoms with van der Waals surface area (Å²) >= 11 is 0. The average molecular weight is 152 g/mol. The molecular weight excluding hydrogens is 136 g/mol. The number of hydrogen-bond donors (Lipinski definition) is 1. The Kier molecular flexibility index (Phi) is 3.70. The van der Waals surface area contributed by atoms with Crippen LogP contribution >= 0.6 is 0 Å². The average Bonchev–Trinajstić information content (AvgIpc) is 1.78. The van der Waals surface area contributed by atoms with Crippen molar-refractivity contribution in [1.82, 2.24) is 4.90 Å². The van der Waals surface area contributed by atoms with Crippen LogP contribution in [0.3, 0.4) is 0 Å². The summed E-state index contributed by atoms with van der Waals surface area (Å²) in [4.78, 5) is 1.93. The highest BCUT2D eigenvalue weighted by Gasteiger charge is 2.02. The summed E-state index contributed by atoms with van der Waals surface area (Å²) in [6.45, 7) is 3.76. The van der Waals surface area contributed by atoms with Crippen LogP contribution in [0.1, 0.15) is 13.8 Å². The molecule has 0 aliphatic rings. The van der Waals surface area contributed by atoms with Crippen LogP contribution in [0, 0.1) is 11.8 Å². The molecule has 2 nitrogen and oxygen atoms in total. The molecule has 0 saturated carbocycles. The van der Waals surface area contributed by atoms with Crippen molar-refractivity contribution in [3.63, 3.8) is 0 Å². The number of rotatable bonds is 1. The van der Waals surface area contributed by atoms with E-state index in [0.717, 1.165) is 0 Å². The SMILES string of the molecule is CN(C)/C=C\C#CC(C)(C)N. The fourth-order valence-electron chi connectivity index (χ4n) is 0.414. The first-order chi connectivity index (χ1) is 4.92. The van der Waals surface area contributed by atoms with Gasteiger partial charge in [0.05, 0.1) is 5.54 Å². The van der Waals surface area contributed by atoms with Crippen LogP contribution < -0.4 is 5.73 Å². The largest absolute Gasteiger partial charge is 0.383 e. The summed E-state index contributed by atoms with van der Waals surface area (Å²) in [5.41, 5.74) is 5.24. The molecule has 11 heavy (non-hydrogen) atoms. The van der Waals surface area contributed by atoms with Crippen LogP contribution in [0.2, 0.25) is 0 Å². The second-order valence-electron chi connectivity index (χ2n) is 3.27. The predicted molar refractivity (Wildman–Crippen MR) is 48.9 cm³/mol. The second kappa shape index (κ2) is 4.05. The van der Waals surface area contributed by atoms with Gasteiger partial charge in [-0.05, 0) is 13.8 Å². The third-order valence-electron chi connectivity index (χ3n) is 0.850. The van der Waals surface area contributed by atoms with Crippen LogP contribution in [0.15, 0.2) is 12.3 Å². The van der Waals surface area contributed by atoms with Gasteiger partial charge in [0, 0.05) is 26.4 Å². The Morgan fingerprint density at radius 2 is 1.91 bits per heavy atom. The van der Waals surface area contributed by atoms with Crippen LogP contribution in [0.25, 0.3) is 0 Å². The molecule has 0 aliphatic heterocycles. The number of nitrogens with zero attached hydrogens (tertiary/aromatic N) is 1. The first-order valence-electron chi connectivity index (χ1n) is 3.56. The van der Waals surface area contributed by atoms with Gasteiger partial charge in [-0.1, -0.05) is 11.8 Å². The smallest absolute Gasteiger partial charge is 0.0722 e. The number of hydrogen-bond acceptors (Lipinski definition) is 2. The van der Waals surface area contributed by atoms with Gasteiger partial charge in [-0.25, -0.2) is 0 Å². The molecule has 0 rings (SSSR count). The molecule has 0 radical (unpaired) electrons. The molecule has 0 aliphatic carbocycles. The van der Waals surface area contributed by atoms with E-state index in [-0.39, 0.29) is 0 Å². The van der Waals surface area contributed by atoms with Crippen molar-refractivity contribution in [3.8, 4) is 11.8 Å². The molecule has 0 aromatic heterocycles. The first kappa shape index (κ1) is 10.1. The van der Waals surface area contributed by atoms with Crippen molar-refractivity contribution in [2.45, 2.75) is 19.4 Å². The van der Waals surface area contributed by atoms with E-state index < -0.39 is 5.54 Å². The molecule has 0 aromatic rings. The molecule has 0 bridgehead atoms. The molecule has 62 valence electrons. The van der Waals surface area contributed by atoms with Crippen molar-refractivity contribution >= 4 is 0 Å². The third-order valence-corrected chi connectivity index (χ3v) is 0.850. The van der Waals surface area contributed by atoms with E-state index in [0.29, 0.717) is 0 Å². The highest BCUT2D eigenvalue weighted by atomic mass is 15.0. The minimum absolute atomic E-state index is 0.392. The maximum absolute atomic E-state index is 5.63. The van der Waals surface area contributed by atoms with Crippen molar-refractivity contribution in [2.24, 2.45) is 5.73 Å². The second-order valence-corrected chi connectivity index (χ2v) is 3.27. The van der Waals surface area contributed by atoms with Gasteiger partial charge < -0.3 is 10.6 Å². The minimum atomic E-state index is -0.392.